The number of imidazole rings is 1. The number of thioether (sulfide) groups is 1. The van der Waals surface area contributed by atoms with Gasteiger partial charge < -0.3 is 19.5 Å². The van der Waals surface area contributed by atoms with Gasteiger partial charge >= 0.3 is 6.03 Å². The quantitative estimate of drug-likeness (QED) is 0.169. The summed E-state index contributed by atoms with van der Waals surface area (Å²) in [6, 6.07) is 15.0. The summed E-state index contributed by atoms with van der Waals surface area (Å²) in [5, 5.41) is 16.3. The van der Waals surface area contributed by atoms with Crippen LogP contribution >= 0.6 is 23.1 Å². The summed E-state index contributed by atoms with van der Waals surface area (Å²) in [6.07, 6.45) is 3.32. The highest BCUT2D eigenvalue weighted by molar-refractivity contribution is 8.00. The third-order valence-corrected chi connectivity index (χ3v) is 6.40. The van der Waals surface area contributed by atoms with Gasteiger partial charge in [0.05, 0.1) is 17.3 Å². The highest BCUT2D eigenvalue weighted by Crippen LogP contribution is 2.27. The molecule has 0 unspecified atom stereocenters. The first-order chi connectivity index (χ1) is 17.1. The molecule has 0 spiro atoms. The highest BCUT2D eigenvalue weighted by atomic mass is 32.2. The number of rotatable bonds is 7. The van der Waals surface area contributed by atoms with Crippen molar-refractivity contribution >= 4 is 62.8 Å². The van der Waals surface area contributed by atoms with Crippen LogP contribution in [0.2, 0.25) is 0 Å². The standard InChI is InChI=1S/C22H17N7O4S2/c1-34-22-29-28-21(35-22)27-20(31)23-12-4-6-13(7-5-12)33-14-8-9-15-16(11-14)25-19(24-15)26-18(30)17-3-2-10-32-17/h2-11H,1H3,(H2,23,27,28,31)(H2,24,25,26,30). The number of hydrogen-bond acceptors (Lipinski definition) is 9. The van der Waals surface area contributed by atoms with Crippen LogP contribution in [0.1, 0.15) is 10.6 Å². The molecular weight excluding hydrogens is 490 g/mol. The fourth-order valence-corrected chi connectivity index (χ4v) is 4.19. The Hall–Kier alpha value is -4.36. The number of hydrogen-bond donors (Lipinski definition) is 4. The lowest BCUT2D eigenvalue weighted by molar-refractivity contribution is 0.0996. The molecule has 3 amide bonds. The van der Waals surface area contributed by atoms with Crippen molar-refractivity contribution in [2.75, 3.05) is 22.2 Å². The predicted octanol–water partition coefficient (Wildman–Crippen LogP) is 5.42. The van der Waals surface area contributed by atoms with Crippen LogP contribution in [0.15, 0.2) is 69.6 Å². The van der Waals surface area contributed by atoms with Crippen LogP contribution in [0.25, 0.3) is 11.0 Å². The zero-order valence-corrected chi connectivity index (χ0v) is 19.7. The summed E-state index contributed by atoms with van der Waals surface area (Å²) >= 11 is 2.76. The minimum absolute atomic E-state index is 0.190. The molecule has 3 heterocycles. The zero-order chi connectivity index (χ0) is 24.2. The third-order valence-electron chi connectivity index (χ3n) is 4.58. The number of anilines is 3. The Kier molecular flexibility index (Phi) is 6.32. The fraction of sp³-hybridized carbons (Fsp3) is 0.0455. The Morgan fingerprint density at radius 1 is 1.03 bits per heavy atom. The molecule has 2 aromatic carbocycles. The van der Waals surface area contributed by atoms with E-state index < -0.39 is 11.9 Å². The number of benzene rings is 2. The molecule has 5 rings (SSSR count). The van der Waals surface area contributed by atoms with E-state index in [4.69, 9.17) is 9.15 Å². The van der Waals surface area contributed by atoms with Crippen LogP contribution in [-0.2, 0) is 0 Å². The van der Waals surface area contributed by atoms with Crippen molar-refractivity contribution in [3.63, 3.8) is 0 Å². The van der Waals surface area contributed by atoms with Crippen LogP contribution in [0.5, 0.6) is 11.5 Å². The van der Waals surface area contributed by atoms with Gasteiger partial charge in [0.2, 0.25) is 11.1 Å². The Labute approximate surface area is 206 Å². The molecule has 0 saturated heterocycles. The molecule has 11 nitrogen and oxygen atoms in total. The molecule has 0 fully saturated rings. The maximum absolute atomic E-state index is 12.2. The van der Waals surface area contributed by atoms with E-state index in [0.29, 0.717) is 33.8 Å². The van der Waals surface area contributed by atoms with Crippen LogP contribution in [-0.4, -0.2) is 38.4 Å². The molecule has 0 aliphatic heterocycles. The monoisotopic (exact) mass is 507 g/mol. The van der Waals surface area contributed by atoms with Gasteiger partial charge in [-0.3, -0.25) is 15.4 Å². The Morgan fingerprint density at radius 2 is 1.86 bits per heavy atom. The lowest BCUT2D eigenvalue weighted by Crippen LogP contribution is -2.19. The van der Waals surface area contributed by atoms with E-state index in [1.165, 1.54) is 29.4 Å². The van der Waals surface area contributed by atoms with E-state index in [9.17, 15) is 9.59 Å². The fourth-order valence-electron chi connectivity index (χ4n) is 3.03. The molecule has 0 aliphatic carbocycles. The SMILES string of the molecule is CSc1nnc(NC(=O)Nc2ccc(Oc3ccc4[nH]c(NC(=O)c5ccco5)nc4c3)cc2)s1. The van der Waals surface area contributed by atoms with Gasteiger partial charge in [-0.05, 0) is 54.8 Å². The van der Waals surface area contributed by atoms with E-state index in [1.807, 2.05) is 6.26 Å². The number of aromatic amines is 1. The number of nitrogens with one attached hydrogen (secondary N) is 4. The number of nitrogens with zero attached hydrogens (tertiary/aromatic N) is 3. The molecular formula is C22H17N7O4S2. The maximum atomic E-state index is 12.2. The smallest absolute Gasteiger partial charge is 0.325 e. The first kappa shape index (κ1) is 22.4. The molecule has 5 aromatic rings. The van der Waals surface area contributed by atoms with Gasteiger partial charge in [0, 0.05) is 11.8 Å². The van der Waals surface area contributed by atoms with E-state index in [0.717, 1.165) is 9.86 Å². The second-order valence-electron chi connectivity index (χ2n) is 6.98. The lowest BCUT2D eigenvalue weighted by atomic mass is 10.3. The zero-order valence-electron chi connectivity index (χ0n) is 18.1. The Morgan fingerprint density at radius 3 is 2.60 bits per heavy atom. The van der Waals surface area contributed by atoms with Crippen molar-refractivity contribution in [2.24, 2.45) is 0 Å². The molecule has 0 aliphatic rings. The number of furan rings is 1. The van der Waals surface area contributed by atoms with Gasteiger partial charge in [0.25, 0.3) is 5.91 Å². The summed E-state index contributed by atoms with van der Waals surface area (Å²) in [5.74, 6) is 1.22. The second-order valence-corrected chi connectivity index (χ2v) is 9.01. The van der Waals surface area contributed by atoms with E-state index in [1.54, 1.807) is 54.6 Å². The summed E-state index contributed by atoms with van der Waals surface area (Å²) in [4.78, 5) is 31.7. The highest BCUT2D eigenvalue weighted by Gasteiger charge is 2.12. The number of ether oxygens (including phenoxy) is 1. The largest absolute Gasteiger partial charge is 0.459 e. The van der Waals surface area contributed by atoms with Crippen LogP contribution < -0.4 is 20.7 Å². The molecule has 176 valence electrons. The van der Waals surface area contributed by atoms with Gasteiger partial charge in [0.1, 0.15) is 11.5 Å². The predicted molar refractivity (Wildman–Crippen MR) is 134 cm³/mol. The average molecular weight is 508 g/mol. The number of urea groups is 1. The normalized spacial score (nSPS) is 10.8. The maximum Gasteiger partial charge on any atom is 0.325 e. The Balaban J connectivity index is 1.20. The first-order valence-electron chi connectivity index (χ1n) is 10.1. The number of amides is 3. The van der Waals surface area contributed by atoms with Crippen molar-refractivity contribution in [3.8, 4) is 11.5 Å². The number of aromatic nitrogens is 4. The van der Waals surface area contributed by atoms with Crippen molar-refractivity contribution in [1.82, 2.24) is 20.2 Å². The van der Waals surface area contributed by atoms with Crippen LogP contribution in [0.3, 0.4) is 0 Å². The van der Waals surface area contributed by atoms with E-state index >= 15 is 0 Å². The summed E-state index contributed by atoms with van der Waals surface area (Å²) in [6.45, 7) is 0. The summed E-state index contributed by atoms with van der Waals surface area (Å²) < 4.78 is 11.8. The van der Waals surface area contributed by atoms with E-state index in [2.05, 4.69) is 36.1 Å². The minimum atomic E-state index is -0.415. The molecule has 3 aromatic heterocycles. The summed E-state index contributed by atoms with van der Waals surface area (Å²) in [7, 11) is 0. The second kappa shape index (κ2) is 9.87. The van der Waals surface area contributed by atoms with Crippen LogP contribution in [0.4, 0.5) is 21.6 Å². The van der Waals surface area contributed by atoms with Crippen molar-refractivity contribution < 1.29 is 18.7 Å². The molecule has 0 radical (unpaired) electrons. The molecule has 0 saturated carbocycles. The minimum Gasteiger partial charge on any atom is -0.459 e. The number of carbonyl (C=O) groups excluding carboxylic acids is 2. The van der Waals surface area contributed by atoms with Crippen molar-refractivity contribution in [1.29, 1.82) is 0 Å². The summed E-state index contributed by atoms with van der Waals surface area (Å²) in [5.41, 5.74) is 1.94. The molecule has 0 atom stereocenters. The molecule has 4 N–H and O–H groups in total. The van der Waals surface area contributed by atoms with Gasteiger partial charge in [-0.15, -0.1) is 10.2 Å². The van der Waals surface area contributed by atoms with Crippen molar-refractivity contribution in [2.45, 2.75) is 4.34 Å². The number of H-pyrrole nitrogens is 1. The van der Waals surface area contributed by atoms with Gasteiger partial charge in [-0.2, -0.15) is 0 Å². The van der Waals surface area contributed by atoms with E-state index in [-0.39, 0.29) is 5.76 Å². The first-order valence-corrected chi connectivity index (χ1v) is 12.2. The Bertz CT molecular complexity index is 1480. The molecule has 0 bridgehead atoms. The number of carbonyl (C=O) groups is 2. The van der Waals surface area contributed by atoms with Crippen LogP contribution in [0, 0.1) is 0 Å². The van der Waals surface area contributed by atoms with Gasteiger partial charge in [-0.1, -0.05) is 23.1 Å². The van der Waals surface area contributed by atoms with Gasteiger partial charge in [-0.25, -0.2) is 9.78 Å². The molecule has 13 heteroatoms. The molecule has 35 heavy (non-hydrogen) atoms. The van der Waals surface area contributed by atoms with Gasteiger partial charge in [0.15, 0.2) is 10.1 Å². The topological polar surface area (TPSA) is 147 Å². The lowest BCUT2D eigenvalue weighted by Gasteiger charge is -2.08. The third kappa shape index (κ3) is 5.42. The van der Waals surface area contributed by atoms with Crippen molar-refractivity contribution in [3.05, 3.63) is 66.6 Å². The number of fused-ring (bicyclic) bond motifs is 1. The average Bonchev–Trinajstić information content (AvgIpc) is 3.61.